The van der Waals surface area contributed by atoms with Gasteiger partial charge in [0, 0.05) is 29.3 Å². The fourth-order valence-corrected chi connectivity index (χ4v) is 3.25. The minimum absolute atomic E-state index is 0.104. The highest BCUT2D eigenvalue weighted by Crippen LogP contribution is 2.26. The Morgan fingerprint density at radius 3 is 2.69 bits per heavy atom. The van der Waals surface area contributed by atoms with Gasteiger partial charge in [-0.15, -0.1) is 11.8 Å². The molecule has 0 aliphatic carbocycles. The number of halogens is 1. The van der Waals surface area contributed by atoms with Crippen LogP contribution in [-0.4, -0.2) is 37.8 Å². The van der Waals surface area contributed by atoms with E-state index < -0.39 is 0 Å². The average Bonchev–Trinajstić information content (AvgIpc) is 2.64. The minimum atomic E-state index is -0.238. The van der Waals surface area contributed by atoms with Gasteiger partial charge in [0.2, 0.25) is 5.91 Å². The van der Waals surface area contributed by atoms with Gasteiger partial charge < -0.3 is 15.4 Å². The lowest BCUT2D eigenvalue weighted by molar-refractivity contribution is -0.118. The number of benzene rings is 2. The Hall–Kier alpha value is -2.02. The molecule has 2 rings (SSSR count). The molecule has 2 amide bonds. The van der Waals surface area contributed by atoms with E-state index in [0.717, 1.165) is 10.5 Å². The largest absolute Gasteiger partial charge is 0.383 e. The van der Waals surface area contributed by atoms with Crippen molar-refractivity contribution in [1.29, 1.82) is 0 Å². The summed E-state index contributed by atoms with van der Waals surface area (Å²) < 4.78 is 4.90. The van der Waals surface area contributed by atoms with E-state index in [0.29, 0.717) is 29.4 Å². The van der Waals surface area contributed by atoms with Gasteiger partial charge in [0.15, 0.2) is 0 Å². The third-order valence-corrected chi connectivity index (χ3v) is 5.12. The molecule has 5 nitrogen and oxygen atoms in total. The number of methoxy groups -OCH3 is 1. The summed E-state index contributed by atoms with van der Waals surface area (Å²) in [4.78, 5) is 25.3. The molecule has 0 fully saturated rings. The highest BCUT2D eigenvalue weighted by molar-refractivity contribution is 8.00. The summed E-state index contributed by atoms with van der Waals surface area (Å²) in [6.07, 6.45) is 0. The maximum Gasteiger partial charge on any atom is 0.256 e. The minimum Gasteiger partial charge on any atom is -0.383 e. The Bertz CT molecular complexity index is 783. The summed E-state index contributed by atoms with van der Waals surface area (Å²) in [6, 6.07) is 12.6. The van der Waals surface area contributed by atoms with Gasteiger partial charge >= 0.3 is 0 Å². The first-order valence-corrected chi connectivity index (χ1v) is 9.43. The summed E-state index contributed by atoms with van der Waals surface area (Å²) in [6.45, 7) is 2.78. The zero-order chi connectivity index (χ0) is 18.9. The van der Waals surface area contributed by atoms with E-state index in [2.05, 4.69) is 10.6 Å². The fourth-order valence-electron chi connectivity index (χ4n) is 2.20. The lowest BCUT2D eigenvalue weighted by Gasteiger charge is -2.12. The van der Waals surface area contributed by atoms with Crippen LogP contribution in [0, 0.1) is 6.92 Å². The standard InChI is InChI=1S/C19H21ClN2O3S/c1-13-15(20)7-5-8-16(13)22-19(24)14-6-3-4-9-17(14)26-12-18(23)21-10-11-25-2/h3-9H,10-12H2,1-2H3,(H,21,23)(H,22,24). The van der Waals surface area contributed by atoms with Crippen LogP contribution in [0.4, 0.5) is 5.69 Å². The Kier molecular flexibility index (Phi) is 7.97. The molecule has 2 aromatic rings. The molecule has 7 heteroatoms. The van der Waals surface area contributed by atoms with E-state index in [9.17, 15) is 9.59 Å². The molecule has 138 valence electrons. The van der Waals surface area contributed by atoms with Gasteiger partial charge in [-0.05, 0) is 36.8 Å². The summed E-state index contributed by atoms with van der Waals surface area (Å²) in [5, 5.41) is 6.24. The normalized spacial score (nSPS) is 10.4. The molecule has 0 heterocycles. The van der Waals surface area contributed by atoms with Gasteiger partial charge in [0.25, 0.3) is 5.91 Å². The molecule has 0 spiro atoms. The number of carbonyl (C=O) groups is 2. The Labute approximate surface area is 162 Å². The van der Waals surface area contributed by atoms with Crippen LogP contribution in [0.3, 0.4) is 0 Å². The van der Waals surface area contributed by atoms with Gasteiger partial charge in [0.1, 0.15) is 0 Å². The quantitative estimate of drug-likeness (QED) is 0.530. The number of rotatable bonds is 8. The topological polar surface area (TPSA) is 67.4 Å². The van der Waals surface area contributed by atoms with Crippen molar-refractivity contribution < 1.29 is 14.3 Å². The monoisotopic (exact) mass is 392 g/mol. The van der Waals surface area contributed by atoms with Crippen molar-refractivity contribution in [3.05, 3.63) is 58.6 Å². The number of hydrogen-bond acceptors (Lipinski definition) is 4. The Morgan fingerprint density at radius 1 is 1.15 bits per heavy atom. The van der Waals surface area contributed by atoms with Gasteiger partial charge in [-0.1, -0.05) is 29.8 Å². The van der Waals surface area contributed by atoms with Crippen LogP contribution < -0.4 is 10.6 Å². The smallest absolute Gasteiger partial charge is 0.256 e. The van der Waals surface area contributed by atoms with Crippen LogP contribution in [-0.2, 0) is 9.53 Å². The average molecular weight is 393 g/mol. The number of carbonyl (C=O) groups excluding carboxylic acids is 2. The fraction of sp³-hybridized carbons (Fsp3) is 0.263. The molecule has 0 aromatic heterocycles. The van der Waals surface area contributed by atoms with Crippen molar-refractivity contribution in [2.24, 2.45) is 0 Å². The van der Waals surface area contributed by atoms with Crippen LogP contribution in [0.15, 0.2) is 47.4 Å². The molecule has 2 N–H and O–H groups in total. The van der Waals surface area contributed by atoms with Crippen LogP contribution in [0.5, 0.6) is 0 Å². The molecule has 26 heavy (non-hydrogen) atoms. The third-order valence-electron chi connectivity index (χ3n) is 3.63. The molecule has 0 aliphatic rings. The molecular weight excluding hydrogens is 372 g/mol. The predicted molar refractivity (Wildman–Crippen MR) is 106 cm³/mol. The van der Waals surface area contributed by atoms with Crippen molar-refractivity contribution >= 4 is 40.9 Å². The molecule has 0 unspecified atom stereocenters. The summed E-state index contributed by atoms with van der Waals surface area (Å²) in [5.74, 6) is -0.115. The summed E-state index contributed by atoms with van der Waals surface area (Å²) in [5.41, 5.74) is 1.99. The lowest BCUT2D eigenvalue weighted by atomic mass is 10.1. The summed E-state index contributed by atoms with van der Waals surface area (Å²) >= 11 is 7.42. The first-order chi connectivity index (χ1) is 12.5. The zero-order valence-corrected chi connectivity index (χ0v) is 16.2. The molecule has 0 aliphatic heterocycles. The zero-order valence-electron chi connectivity index (χ0n) is 14.7. The molecule has 2 aromatic carbocycles. The van der Waals surface area contributed by atoms with Gasteiger partial charge in [0.05, 0.1) is 17.9 Å². The molecule has 0 atom stereocenters. The van der Waals surface area contributed by atoms with Crippen molar-refractivity contribution in [3.63, 3.8) is 0 Å². The molecule has 0 radical (unpaired) electrons. The van der Waals surface area contributed by atoms with Gasteiger partial charge in [-0.3, -0.25) is 9.59 Å². The van der Waals surface area contributed by atoms with E-state index in [-0.39, 0.29) is 17.6 Å². The number of ether oxygens (including phenoxy) is 1. The van der Waals surface area contributed by atoms with Crippen LogP contribution in [0.25, 0.3) is 0 Å². The van der Waals surface area contributed by atoms with Crippen molar-refractivity contribution in [1.82, 2.24) is 5.32 Å². The third kappa shape index (κ3) is 5.76. The first-order valence-electron chi connectivity index (χ1n) is 8.07. The highest BCUT2D eigenvalue weighted by atomic mass is 35.5. The lowest BCUT2D eigenvalue weighted by Crippen LogP contribution is -2.28. The number of hydrogen-bond donors (Lipinski definition) is 2. The van der Waals surface area contributed by atoms with Crippen LogP contribution in [0.2, 0.25) is 5.02 Å². The maximum atomic E-state index is 12.7. The second-order valence-corrected chi connectivity index (χ2v) is 6.92. The summed E-state index contributed by atoms with van der Waals surface area (Å²) in [7, 11) is 1.58. The van der Waals surface area contributed by atoms with Crippen LogP contribution >= 0.6 is 23.4 Å². The second-order valence-electron chi connectivity index (χ2n) is 5.49. The van der Waals surface area contributed by atoms with E-state index in [1.54, 1.807) is 37.4 Å². The van der Waals surface area contributed by atoms with Crippen LogP contribution in [0.1, 0.15) is 15.9 Å². The van der Waals surface area contributed by atoms with Crippen molar-refractivity contribution in [2.45, 2.75) is 11.8 Å². The molecule has 0 saturated carbocycles. The first kappa shape index (κ1) is 20.3. The van der Waals surface area contributed by atoms with E-state index in [1.165, 1.54) is 11.8 Å². The van der Waals surface area contributed by atoms with Crippen molar-refractivity contribution in [2.75, 3.05) is 31.3 Å². The molecule has 0 saturated heterocycles. The number of amides is 2. The van der Waals surface area contributed by atoms with Crippen molar-refractivity contribution in [3.8, 4) is 0 Å². The highest BCUT2D eigenvalue weighted by Gasteiger charge is 2.14. The maximum absolute atomic E-state index is 12.7. The molecule has 0 bridgehead atoms. The number of anilines is 1. The van der Waals surface area contributed by atoms with E-state index in [1.807, 2.05) is 19.1 Å². The SMILES string of the molecule is COCCNC(=O)CSc1ccccc1C(=O)Nc1cccc(Cl)c1C. The van der Waals surface area contributed by atoms with E-state index in [4.69, 9.17) is 16.3 Å². The molecular formula is C19H21ClN2O3S. The van der Waals surface area contributed by atoms with Gasteiger partial charge in [-0.2, -0.15) is 0 Å². The predicted octanol–water partition coefficient (Wildman–Crippen LogP) is 3.76. The number of thioether (sulfide) groups is 1. The second kappa shape index (κ2) is 10.2. The Balaban J connectivity index is 2.04. The Morgan fingerprint density at radius 2 is 1.92 bits per heavy atom. The van der Waals surface area contributed by atoms with E-state index >= 15 is 0 Å². The van der Waals surface area contributed by atoms with Gasteiger partial charge in [-0.25, -0.2) is 0 Å². The number of nitrogens with one attached hydrogen (secondary N) is 2.